The maximum atomic E-state index is 11.5. The maximum Gasteiger partial charge on any atom is 0.335 e. The van der Waals surface area contributed by atoms with Gasteiger partial charge >= 0.3 is 17.1 Å². The minimum atomic E-state index is -2.86. The van der Waals surface area contributed by atoms with E-state index >= 15 is 0 Å². The number of nitrogens with zero attached hydrogens (tertiary/aromatic N) is 4. The molecule has 0 saturated carbocycles. The Bertz CT molecular complexity index is 1000. The summed E-state index contributed by atoms with van der Waals surface area (Å²) in [5, 5.41) is 11.5. The number of hydrogen-bond acceptors (Lipinski definition) is 9. The van der Waals surface area contributed by atoms with E-state index in [0.29, 0.717) is 17.8 Å². The highest BCUT2D eigenvalue weighted by Gasteiger charge is 2.61. The van der Waals surface area contributed by atoms with E-state index in [4.69, 9.17) is 23.4 Å². The van der Waals surface area contributed by atoms with Gasteiger partial charge in [0.25, 0.3) is 0 Å². The molecule has 4 atom stereocenters. The first-order valence-electron chi connectivity index (χ1n) is 12.2. The van der Waals surface area contributed by atoms with Gasteiger partial charge in [-0.15, -0.1) is 0 Å². The Kier molecular flexibility index (Phi) is 6.97. The third kappa shape index (κ3) is 3.92. The van der Waals surface area contributed by atoms with Crippen molar-refractivity contribution in [2.45, 2.75) is 102 Å². The van der Waals surface area contributed by atoms with E-state index in [1.807, 2.05) is 0 Å². The zero-order valence-electron chi connectivity index (χ0n) is 21.4. The first-order chi connectivity index (χ1) is 15.9. The standard InChI is InChI=1S/C22H39N5O5Si2/c1-12(2)33(13(3)4)29-9-16-19(31-34(32-33,14(5)6)15(7)8)18(28)22(30-16)27-11-26-17-20(23)24-10-25-21(17)27/h10-16,18-19,22,28H,9H2,1-8H3,(H2,23,24,25)/t16-,18+,19-,22-/m1/s1. The number of nitrogen functional groups attached to an aromatic ring is 1. The van der Waals surface area contributed by atoms with Crippen molar-refractivity contribution in [3.8, 4) is 0 Å². The van der Waals surface area contributed by atoms with Gasteiger partial charge in [0.15, 0.2) is 17.7 Å². The van der Waals surface area contributed by atoms with E-state index < -0.39 is 41.7 Å². The molecule has 0 aromatic carbocycles. The largest absolute Gasteiger partial charge is 0.414 e. The van der Waals surface area contributed by atoms with Crippen LogP contribution in [0.25, 0.3) is 11.2 Å². The molecule has 4 rings (SSSR count). The number of aliphatic hydroxyl groups is 1. The van der Waals surface area contributed by atoms with E-state index in [9.17, 15) is 5.11 Å². The average molecular weight is 510 g/mol. The Hall–Kier alpha value is -1.42. The minimum Gasteiger partial charge on any atom is -0.414 e. The average Bonchev–Trinajstić information content (AvgIpc) is 3.29. The summed E-state index contributed by atoms with van der Waals surface area (Å²) in [7, 11) is -5.54. The molecule has 3 N–H and O–H groups in total. The number of aliphatic hydroxyl groups excluding tert-OH is 1. The molecule has 2 aromatic heterocycles. The molecule has 0 radical (unpaired) electrons. The van der Waals surface area contributed by atoms with Crippen LogP contribution in [-0.2, 0) is 17.7 Å². The predicted molar refractivity (Wildman–Crippen MR) is 133 cm³/mol. The summed E-state index contributed by atoms with van der Waals surface area (Å²) in [6.07, 6.45) is 0.225. The Morgan fingerprint density at radius 1 is 0.971 bits per heavy atom. The molecule has 0 aliphatic carbocycles. The summed E-state index contributed by atoms with van der Waals surface area (Å²) in [6.45, 7) is 17.7. The first-order valence-corrected chi connectivity index (χ1v) is 16.2. The second kappa shape index (κ2) is 9.23. The summed E-state index contributed by atoms with van der Waals surface area (Å²) in [5.41, 5.74) is 7.73. The summed E-state index contributed by atoms with van der Waals surface area (Å²) >= 11 is 0. The molecule has 0 bridgehead atoms. The Balaban J connectivity index is 1.77. The molecule has 10 nitrogen and oxygen atoms in total. The lowest BCUT2D eigenvalue weighted by molar-refractivity contribution is -0.0570. The highest BCUT2D eigenvalue weighted by atomic mass is 28.5. The molecule has 34 heavy (non-hydrogen) atoms. The van der Waals surface area contributed by atoms with Gasteiger partial charge in [-0.05, 0) is 22.2 Å². The van der Waals surface area contributed by atoms with Crippen LogP contribution in [0.1, 0.15) is 61.6 Å². The van der Waals surface area contributed by atoms with Gasteiger partial charge in [-0.2, -0.15) is 0 Å². The molecule has 190 valence electrons. The fraction of sp³-hybridized carbons (Fsp3) is 0.773. The fourth-order valence-electron chi connectivity index (χ4n) is 5.42. The number of fused-ring (bicyclic) bond motifs is 2. The lowest BCUT2D eigenvalue weighted by atomic mass is 10.1. The van der Waals surface area contributed by atoms with Crippen molar-refractivity contribution in [3.63, 3.8) is 0 Å². The zero-order chi connectivity index (χ0) is 25.0. The van der Waals surface area contributed by atoms with Gasteiger partial charge in [-0.3, -0.25) is 4.57 Å². The number of hydrogen-bond donors (Lipinski definition) is 2. The van der Waals surface area contributed by atoms with Gasteiger partial charge in [0, 0.05) is 0 Å². The minimum absolute atomic E-state index is 0.159. The molecular weight excluding hydrogens is 470 g/mol. The van der Waals surface area contributed by atoms with Crippen LogP contribution in [0.4, 0.5) is 5.82 Å². The van der Waals surface area contributed by atoms with Crippen molar-refractivity contribution >= 4 is 34.1 Å². The smallest absolute Gasteiger partial charge is 0.335 e. The Labute approximate surface area is 203 Å². The first kappa shape index (κ1) is 25.7. The molecule has 12 heteroatoms. The lowest BCUT2D eigenvalue weighted by Crippen LogP contribution is -2.65. The van der Waals surface area contributed by atoms with Gasteiger partial charge < -0.3 is 28.5 Å². The monoisotopic (exact) mass is 509 g/mol. The normalized spacial score (nSPS) is 29.2. The number of rotatable bonds is 5. The van der Waals surface area contributed by atoms with Gasteiger partial charge in [-0.1, -0.05) is 55.4 Å². The number of imidazole rings is 1. The molecule has 0 spiro atoms. The number of ether oxygens (including phenoxy) is 1. The van der Waals surface area contributed by atoms with E-state index in [1.165, 1.54) is 6.33 Å². The van der Waals surface area contributed by atoms with E-state index in [2.05, 4.69) is 70.3 Å². The topological polar surface area (TPSA) is 127 Å². The van der Waals surface area contributed by atoms with E-state index in [0.717, 1.165) is 0 Å². The molecule has 0 amide bonds. The summed E-state index contributed by atoms with van der Waals surface area (Å²) in [6, 6.07) is 0. The fourth-order valence-corrected chi connectivity index (χ4v) is 16.6. The Morgan fingerprint density at radius 2 is 1.59 bits per heavy atom. The van der Waals surface area contributed by atoms with Crippen LogP contribution < -0.4 is 5.73 Å². The number of nitrogens with two attached hydrogens (primary N) is 1. The maximum absolute atomic E-state index is 11.5. The second-order valence-electron chi connectivity index (χ2n) is 10.7. The summed E-state index contributed by atoms with van der Waals surface area (Å²) in [5.74, 6) is 0.283. The van der Waals surface area contributed by atoms with Crippen molar-refractivity contribution in [1.29, 1.82) is 0 Å². The van der Waals surface area contributed by atoms with E-state index in [-0.39, 0.29) is 28.0 Å². The SMILES string of the molecule is CC(C)[Si]1(C(C)C)OC[C@H]2O[C@@H](n3cnc4c(N)ncnc43)[C@@H](O)[C@@H]2O[Si](C(C)C)(C(C)C)O1. The predicted octanol–water partition coefficient (Wildman–Crippen LogP) is 3.62. The highest BCUT2D eigenvalue weighted by molar-refractivity contribution is 6.83. The van der Waals surface area contributed by atoms with Crippen LogP contribution in [0.15, 0.2) is 12.7 Å². The molecular formula is C22H39N5O5Si2. The van der Waals surface area contributed by atoms with Crippen molar-refractivity contribution < 1.29 is 22.8 Å². The van der Waals surface area contributed by atoms with E-state index in [1.54, 1.807) is 10.9 Å². The van der Waals surface area contributed by atoms with Crippen LogP contribution >= 0.6 is 0 Å². The van der Waals surface area contributed by atoms with Crippen molar-refractivity contribution in [2.24, 2.45) is 0 Å². The van der Waals surface area contributed by atoms with Crippen molar-refractivity contribution in [3.05, 3.63) is 12.7 Å². The third-order valence-electron chi connectivity index (χ3n) is 7.30. The molecule has 2 aliphatic heterocycles. The number of aromatic nitrogens is 4. The van der Waals surface area contributed by atoms with Crippen LogP contribution in [0.3, 0.4) is 0 Å². The lowest BCUT2D eigenvalue weighted by Gasteiger charge is -2.51. The van der Waals surface area contributed by atoms with Crippen LogP contribution in [-0.4, -0.2) is 66.7 Å². The van der Waals surface area contributed by atoms with Crippen molar-refractivity contribution in [2.75, 3.05) is 12.3 Å². The van der Waals surface area contributed by atoms with Crippen LogP contribution in [0.5, 0.6) is 0 Å². The number of anilines is 1. The Morgan fingerprint density at radius 3 is 2.18 bits per heavy atom. The molecule has 2 fully saturated rings. The van der Waals surface area contributed by atoms with Gasteiger partial charge in [0.05, 0.1) is 12.9 Å². The second-order valence-corrected chi connectivity index (χ2v) is 19.5. The third-order valence-corrected chi connectivity index (χ3v) is 17.6. The molecule has 2 aliphatic rings. The van der Waals surface area contributed by atoms with Crippen LogP contribution in [0, 0.1) is 0 Å². The zero-order valence-corrected chi connectivity index (χ0v) is 23.4. The van der Waals surface area contributed by atoms with Gasteiger partial charge in [0.2, 0.25) is 0 Å². The highest BCUT2D eigenvalue weighted by Crippen LogP contribution is 2.48. The molecule has 0 unspecified atom stereocenters. The van der Waals surface area contributed by atoms with Crippen LogP contribution in [0.2, 0.25) is 22.2 Å². The molecule has 2 saturated heterocycles. The molecule has 4 heterocycles. The van der Waals surface area contributed by atoms with Gasteiger partial charge in [-0.25, -0.2) is 15.0 Å². The van der Waals surface area contributed by atoms with Gasteiger partial charge in [0.1, 0.15) is 30.2 Å². The van der Waals surface area contributed by atoms with Crippen molar-refractivity contribution in [1.82, 2.24) is 19.5 Å². The molecule has 2 aromatic rings. The summed E-state index contributed by atoms with van der Waals surface area (Å²) in [4.78, 5) is 12.7. The quantitative estimate of drug-likeness (QED) is 0.581. The summed E-state index contributed by atoms with van der Waals surface area (Å²) < 4.78 is 29.0.